The SMILES string of the molecule is Cc1nn(CC(C)C)c(C)c1CC(=O)N[C@H]1c2ccccc2C[C@H]1O. The first-order chi connectivity index (χ1) is 11.9. The summed E-state index contributed by atoms with van der Waals surface area (Å²) in [6.07, 6.45) is 0.319. The fraction of sp³-hybridized carbons (Fsp3) is 0.500. The van der Waals surface area contributed by atoms with Crippen molar-refractivity contribution >= 4 is 5.91 Å². The summed E-state index contributed by atoms with van der Waals surface area (Å²) in [6, 6.07) is 7.57. The number of aliphatic hydroxyl groups is 1. The maximum absolute atomic E-state index is 12.6. The standard InChI is InChI=1S/C20H27N3O2/c1-12(2)11-23-14(4)17(13(3)22-23)10-19(25)21-20-16-8-6-5-7-15(16)9-18(20)24/h5-8,12,18,20,24H,9-11H2,1-4H3,(H,21,25)/t18-,20+/m1/s1. The molecule has 3 rings (SSSR count). The lowest BCUT2D eigenvalue weighted by Crippen LogP contribution is -2.35. The zero-order valence-corrected chi connectivity index (χ0v) is 15.4. The Labute approximate surface area is 149 Å². The smallest absolute Gasteiger partial charge is 0.225 e. The van der Waals surface area contributed by atoms with Crippen LogP contribution in [0, 0.1) is 19.8 Å². The number of hydrogen-bond donors (Lipinski definition) is 2. The summed E-state index contributed by atoms with van der Waals surface area (Å²) in [6.45, 7) is 9.13. The fourth-order valence-corrected chi connectivity index (χ4v) is 3.65. The molecule has 1 aliphatic carbocycles. The van der Waals surface area contributed by atoms with E-state index in [1.807, 2.05) is 42.8 Å². The Balaban J connectivity index is 1.73. The minimum atomic E-state index is -0.563. The second-order valence-corrected chi connectivity index (χ2v) is 7.42. The third-order valence-corrected chi connectivity index (χ3v) is 4.93. The lowest BCUT2D eigenvalue weighted by Gasteiger charge is -2.18. The van der Waals surface area contributed by atoms with Crippen LogP contribution in [0.3, 0.4) is 0 Å². The van der Waals surface area contributed by atoms with Crippen LogP contribution in [0.25, 0.3) is 0 Å². The molecule has 2 atom stereocenters. The third-order valence-electron chi connectivity index (χ3n) is 4.93. The minimum absolute atomic E-state index is 0.0731. The van der Waals surface area contributed by atoms with Crippen LogP contribution in [-0.4, -0.2) is 26.9 Å². The number of aliphatic hydroxyl groups excluding tert-OH is 1. The molecule has 1 aromatic carbocycles. The number of carbonyl (C=O) groups excluding carboxylic acids is 1. The Morgan fingerprint density at radius 1 is 1.36 bits per heavy atom. The number of aromatic nitrogens is 2. The van der Waals surface area contributed by atoms with Crippen molar-refractivity contribution in [3.8, 4) is 0 Å². The largest absolute Gasteiger partial charge is 0.390 e. The van der Waals surface area contributed by atoms with E-state index in [2.05, 4.69) is 24.3 Å². The lowest BCUT2D eigenvalue weighted by molar-refractivity contribution is -0.122. The van der Waals surface area contributed by atoms with Crippen molar-refractivity contribution in [1.29, 1.82) is 0 Å². The van der Waals surface area contributed by atoms with Crippen LogP contribution in [0.4, 0.5) is 0 Å². The average molecular weight is 341 g/mol. The number of fused-ring (bicyclic) bond motifs is 1. The van der Waals surface area contributed by atoms with Crippen LogP contribution in [0.1, 0.15) is 48.0 Å². The molecule has 5 heteroatoms. The van der Waals surface area contributed by atoms with Crippen LogP contribution in [0.2, 0.25) is 0 Å². The highest BCUT2D eigenvalue weighted by molar-refractivity contribution is 5.79. The van der Waals surface area contributed by atoms with Crippen LogP contribution in [-0.2, 0) is 24.2 Å². The summed E-state index contributed by atoms with van der Waals surface area (Å²) in [5.41, 5.74) is 5.07. The summed E-state index contributed by atoms with van der Waals surface area (Å²) in [4.78, 5) is 12.6. The number of benzene rings is 1. The van der Waals surface area contributed by atoms with E-state index in [9.17, 15) is 9.90 Å². The number of aryl methyl sites for hydroxylation is 1. The molecule has 2 aromatic rings. The van der Waals surface area contributed by atoms with Crippen LogP contribution < -0.4 is 5.32 Å². The number of carbonyl (C=O) groups is 1. The third kappa shape index (κ3) is 3.61. The highest BCUT2D eigenvalue weighted by Crippen LogP contribution is 2.31. The summed E-state index contributed by atoms with van der Waals surface area (Å²) < 4.78 is 1.99. The van der Waals surface area contributed by atoms with E-state index in [1.165, 1.54) is 0 Å². The molecule has 5 nitrogen and oxygen atoms in total. The Hall–Kier alpha value is -2.14. The van der Waals surface area contributed by atoms with E-state index in [1.54, 1.807) is 0 Å². The van der Waals surface area contributed by atoms with Gasteiger partial charge in [0.1, 0.15) is 0 Å². The molecule has 0 radical (unpaired) electrons. The van der Waals surface area contributed by atoms with Crippen molar-refractivity contribution in [2.75, 3.05) is 0 Å². The second kappa shape index (κ2) is 7.00. The molecular weight excluding hydrogens is 314 g/mol. The predicted octanol–water partition coefficient (Wildman–Crippen LogP) is 2.47. The Morgan fingerprint density at radius 3 is 2.80 bits per heavy atom. The van der Waals surface area contributed by atoms with Gasteiger partial charge in [0, 0.05) is 24.2 Å². The first-order valence-electron chi connectivity index (χ1n) is 8.95. The van der Waals surface area contributed by atoms with Crippen molar-refractivity contribution in [3.63, 3.8) is 0 Å². The van der Waals surface area contributed by atoms with Crippen molar-refractivity contribution in [2.24, 2.45) is 5.92 Å². The molecule has 0 bridgehead atoms. The van der Waals surface area contributed by atoms with Crippen LogP contribution in [0.5, 0.6) is 0 Å². The Morgan fingerprint density at radius 2 is 2.08 bits per heavy atom. The van der Waals surface area contributed by atoms with E-state index >= 15 is 0 Å². The van der Waals surface area contributed by atoms with Gasteiger partial charge in [-0.25, -0.2) is 0 Å². The molecule has 0 unspecified atom stereocenters. The van der Waals surface area contributed by atoms with Gasteiger partial charge < -0.3 is 10.4 Å². The topological polar surface area (TPSA) is 67.2 Å². The van der Waals surface area contributed by atoms with E-state index in [4.69, 9.17) is 0 Å². The maximum Gasteiger partial charge on any atom is 0.225 e. The second-order valence-electron chi connectivity index (χ2n) is 7.42. The van der Waals surface area contributed by atoms with Gasteiger partial charge in [-0.1, -0.05) is 38.1 Å². The Bertz CT molecular complexity index is 779. The van der Waals surface area contributed by atoms with Crippen molar-refractivity contribution < 1.29 is 9.90 Å². The highest BCUT2D eigenvalue weighted by Gasteiger charge is 2.32. The van der Waals surface area contributed by atoms with Gasteiger partial charge in [-0.15, -0.1) is 0 Å². The average Bonchev–Trinajstić information content (AvgIpc) is 2.99. The summed E-state index contributed by atoms with van der Waals surface area (Å²) in [5, 5.41) is 17.9. The van der Waals surface area contributed by atoms with Crippen molar-refractivity contribution in [3.05, 3.63) is 52.3 Å². The number of amides is 1. The monoisotopic (exact) mass is 341 g/mol. The van der Waals surface area contributed by atoms with Gasteiger partial charge >= 0.3 is 0 Å². The molecule has 1 aliphatic rings. The molecule has 134 valence electrons. The number of hydrogen-bond acceptors (Lipinski definition) is 3. The molecule has 0 saturated carbocycles. The molecule has 0 fully saturated rings. The molecule has 1 aromatic heterocycles. The normalized spacial score (nSPS) is 19.3. The van der Waals surface area contributed by atoms with Crippen molar-refractivity contribution in [2.45, 2.75) is 59.2 Å². The Kier molecular flexibility index (Phi) is 4.95. The maximum atomic E-state index is 12.6. The van der Waals surface area contributed by atoms with Gasteiger partial charge in [0.05, 0.1) is 24.3 Å². The van der Waals surface area contributed by atoms with E-state index in [-0.39, 0.29) is 11.9 Å². The van der Waals surface area contributed by atoms with Gasteiger partial charge in [0.2, 0.25) is 5.91 Å². The molecular formula is C20H27N3O2. The van der Waals surface area contributed by atoms with Gasteiger partial charge in [-0.2, -0.15) is 5.10 Å². The molecule has 0 aliphatic heterocycles. The predicted molar refractivity (Wildman–Crippen MR) is 97.3 cm³/mol. The van der Waals surface area contributed by atoms with Gasteiger partial charge in [-0.3, -0.25) is 9.48 Å². The quantitative estimate of drug-likeness (QED) is 0.878. The summed E-state index contributed by atoms with van der Waals surface area (Å²) >= 11 is 0. The molecule has 25 heavy (non-hydrogen) atoms. The van der Waals surface area contributed by atoms with Gasteiger partial charge in [-0.05, 0) is 30.9 Å². The zero-order valence-electron chi connectivity index (χ0n) is 15.4. The fourth-order valence-electron chi connectivity index (χ4n) is 3.65. The van der Waals surface area contributed by atoms with Crippen LogP contribution in [0.15, 0.2) is 24.3 Å². The molecule has 0 saturated heterocycles. The lowest BCUT2D eigenvalue weighted by atomic mass is 10.1. The summed E-state index contributed by atoms with van der Waals surface area (Å²) in [5.74, 6) is 0.431. The molecule has 1 heterocycles. The molecule has 0 spiro atoms. The van der Waals surface area contributed by atoms with Gasteiger partial charge in [0.25, 0.3) is 0 Å². The van der Waals surface area contributed by atoms with E-state index < -0.39 is 6.10 Å². The summed E-state index contributed by atoms with van der Waals surface area (Å²) in [7, 11) is 0. The molecule has 2 N–H and O–H groups in total. The number of nitrogens with zero attached hydrogens (tertiary/aromatic N) is 2. The highest BCUT2D eigenvalue weighted by atomic mass is 16.3. The van der Waals surface area contributed by atoms with Crippen molar-refractivity contribution in [1.82, 2.24) is 15.1 Å². The van der Waals surface area contributed by atoms with E-state index in [0.29, 0.717) is 18.8 Å². The van der Waals surface area contributed by atoms with Gasteiger partial charge in [0.15, 0.2) is 0 Å². The minimum Gasteiger partial charge on any atom is -0.390 e. The van der Waals surface area contributed by atoms with Crippen LogP contribution >= 0.6 is 0 Å². The first kappa shape index (κ1) is 17.7. The van der Waals surface area contributed by atoms with E-state index in [0.717, 1.165) is 34.6 Å². The molecule has 1 amide bonds. The first-order valence-corrected chi connectivity index (χ1v) is 8.95. The number of rotatable bonds is 5. The zero-order chi connectivity index (χ0) is 18.1. The number of nitrogens with one attached hydrogen (secondary N) is 1.